The number of likely N-dealkylation sites (tertiary alicyclic amines) is 1. The molecule has 1 unspecified atom stereocenters. The molecule has 0 aromatic carbocycles. The number of carboxylic acid groups (broad SMARTS) is 1. The Hall–Kier alpha value is -2.16. The monoisotopic (exact) mass is 370 g/mol. The lowest BCUT2D eigenvalue weighted by Crippen LogP contribution is -2.55. The molecule has 26 heavy (non-hydrogen) atoms. The highest BCUT2D eigenvalue weighted by atomic mass is 16.6. The Morgan fingerprint density at radius 3 is 2.54 bits per heavy atom. The second-order valence-corrected chi connectivity index (χ2v) is 6.63. The van der Waals surface area contributed by atoms with Gasteiger partial charge in [-0.1, -0.05) is 20.3 Å². The van der Waals surface area contributed by atoms with E-state index in [1.54, 1.807) is 6.92 Å². The molecule has 0 radical (unpaired) electrons. The van der Waals surface area contributed by atoms with Crippen molar-refractivity contribution in [3.63, 3.8) is 0 Å². The number of hydrogen-bond acceptors (Lipinski definition) is 6. The molecule has 0 bridgehead atoms. The van der Waals surface area contributed by atoms with E-state index in [0.717, 1.165) is 0 Å². The minimum Gasteiger partial charge on any atom is -0.480 e. The number of nitrogens with zero attached hydrogens (tertiary/aromatic N) is 1. The fourth-order valence-corrected chi connectivity index (χ4v) is 3.10. The summed E-state index contributed by atoms with van der Waals surface area (Å²) in [5.41, 5.74) is 0. The second-order valence-electron chi connectivity index (χ2n) is 6.63. The van der Waals surface area contributed by atoms with Gasteiger partial charge in [-0.05, 0) is 25.7 Å². The van der Waals surface area contributed by atoms with Crippen LogP contribution in [0, 0.1) is 5.92 Å². The molecule has 146 valence electrons. The van der Waals surface area contributed by atoms with E-state index in [9.17, 15) is 24.3 Å². The van der Waals surface area contributed by atoms with Crippen LogP contribution in [0.1, 0.15) is 40.0 Å². The Bertz CT molecular complexity index is 579. The predicted molar refractivity (Wildman–Crippen MR) is 89.1 cm³/mol. The van der Waals surface area contributed by atoms with Crippen molar-refractivity contribution in [3.8, 4) is 0 Å². The van der Waals surface area contributed by atoms with E-state index >= 15 is 0 Å². The van der Waals surface area contributed by atoms with Gasteiger partial charge in [0.05, 0.1) is 6.61 Å². The normalized spacial score (nSPS) is 26.7. The molecule has 2 N–H and O–H groups in total. The highest BCUT2D eigenvalue weighted by Gasteiger charge is 2.52. The number of carbonyl (C=O) groups excluding carboxylic acids is 3. The van der Waals surface area contributed by atoms with E-state index in [4.69, 9.17) is 9.47 Å². The minimum absolute atomic E-state index is 0.187. The molecule has 2 amide bonds. The number of amides is 2. The van der Waals surface area contributed by atoms with E-state index < -0.39 is 48.0 Å². The Morgan fingerprint density at radius 1 is 1.27 bits per heavy atom. The van der Waals surface area contributed by atoms with Crippen LogP contribution in [0.25, 0.3) is 0 Å². The van der Waals surface area contributed by atoms with Crippen LogP contribution in [0.5, 0.6) is 0 Å². The summed E-state index contributed by atoms with van der Waals surface area (Å²) < 4.78 is 9.87. The highest BCUT2D eigenvalue weighted by molar-refractivity contribution is 5.96. The average molecular weight is 370 g/mol. The molecule has 0 aliphatic carbocycles. The zero-order valence-electron chi connectivity index (χ0n) is 15.3. The Balaban J connectivity index is 2.04. The van der Waals surface area contributed by atoms with Gasteiger partial charge < -0.3 is 24.8 Å². The van der Waals surface area contributed by atoms with E-state index in [1.807, 2.05) is 13.8 Å². The third-order valence-corrected chi connectivity index (χ3v) is 4.87. The van der Waals surface area contributed by atoms with Gasteiger partial charge in [-0.2, -0.15) is 0 Å². The first-order valence-corrected chi connectivity index (χ1v) is 8.97. The molecule has 2 saturated heterocycles. The number of epoxide rings is 1. The maximum Gasteiger partial charge on any atom is 0.338 e. The van der Waals surface area contributed by atoms with Gasteiger partial charge in [0.1, 0.15) is 12.1 Å². The molecule has 2 rings (SSSR count). The van der Waals surface area contributed by atoms with E-state index in [-0.39, 0.29) is 12.5 Å². The van der Waals surface area contributed by atoms with Gasteiger partial charge in [0.2, 0.25) is 5.91 Å². The summed E-state index contributed by atoms with van der Waals surface area (Å²) in [5, 5.41) is 11.9. The van der Waals surface area contributed by atoms with Crippen LogP contribution in [0.3, 0.4) is 0 Å². The largest absolute Gasteiger partial charge is 0.480 e. The molecule has 2 fully saturated rings. The Labute approximate surface area is 152 Å². The van der Waals surface area contributed by atoms with Crippen molar-refractivity contribution in [2.75, 3.05) is 13.2 Å². The number of carbonyl (C=O) groups is 4. The van der Waals surface area contributed by atoms with Crippen molar-refractivity contribution in [1.82, 2.24) is 10.2 Å². The van der Waals surface area contributed by atoms with Crippen LogP contribution in [-0.4, -0.2) is 71.2 Å². The third-order valence-electron chi connectivity index (χ3n) is 4.87. The maximum absolute atomic E-state index is 12.9. The zero-order valence-corrected chi connectivity index (χ0v) is 15.3. The second kappa shape index (κ2) is 8.48. The fraction of sp³-hybridized carbons (Fsp3) is 0.765. The third kappa shape index (κ3) is 4.32. The first-order chi connectivity index (χ1) is 12.3. The summed E-state index contributed by atoms with van der Waals surface area (Å²) in [6.07, 6.45) is -0.280. The molecule has 0 aromatic heterocycles. The SMILES string of the molecule is CCOC(=O)[C@@H]1OC1C(=O)N[C@H](C(=O)N1CCC[C@H]1C(=O)O)[C@@H](C)CC. The van der Waals surface area contributed by atoms with Crippen LogP contribution < -0.4 is 5.32 Å². The van der Waals surface area contributed by atoms with Crippen molar-refractivity contribution in [2.24, 2.45) is 5.92 Å². The van der Waals surface area contributed by atoms with Crippen molar-refractivity contribution < 1.29 is 33.8 Å². The number of hydrogen-bond donors (Lipinski definition) is 2. The first-order valence-electron chi connectivity index (χ1n) is 8.97. The Morgan fingerprint density at radius 2 is 1.96 bits per heavy atom. The van der Waals surface area contributed by atoms with Crippen LogP contribution in [-0.2, 0) is 28.7 Å². The standard InChI is InChI=1S/C17H26N2O7/c1-4-9(3)11(15(21)19-8-6-7-10(19)16(22)23)18-14(20)12-13(26-12)17(24)25-5-2/h9-13H,4-8H2,1-3H3,(H,18,20)(H,22,23)/t9-,10-,11-,12?,13+/m0/s1. The van der Waals surface area contributed by atoms with Crippen molar-refractivity contribution in [1.29, 1.82) is 0 Å². The summed E-state index contributed by atoms with van der Waals surface area (Å²) in [6, 6.07) is -1.73. The molecular formula is C17H26N2O7. The number of rotatable bonds is 8. The molecule has 0 spiro atoms. The minimum atomic E-state index is -1.04. The molecular weight excluding hydrogens is 344 g/mol. The summed E-state index contributed by atoms with van der Waals surface area (Å²) in [4.78, 5) is 49.5. The van der Waals surface area contributed by atoms with Crippen LogP contribution >= 0.6 is 0 Å². The van der Waals surface area contributed by atoms with Gasteiger partial charge in [-0.25, -0.2) is 9.59 Å². The lowest BCUT2D eigenvalue weighted by molar-refractivity contribution is -0.150. The van der Waals surface area contributed by atoms with Crippen LogP contribution in [0.2, 0.25) is 0 Å². The quantitative estimate of drug-likeness (QED) is 0.452. The first kappa shape index (κ1) is 20.2. The van der Waals surface area contributed by atoms with Gasteiger partial charge in [-0.15, -0.1) is 0 Å². The van der Waals surface area contributed by atoms with Crippen molar-refractivity contribution >= 4 is 23.8 Å². The fourth-order valence-electron chi connectivity index (χ4n) is 3.10. The number of ether oxygens (including phenoxy) is 2. The van der Waals surface area contributed by atoms with Gasteiger partial charge in [0, 0.05) is 6.54 Å². The van der Waals surface area contributed by atoms with E-state index in [1.165, 1.54) is 4.90 Å². The average Bonchev–Trinajstić information content (AvgIpc) is 3.26. The van der Waals surface area contributed by atoms with Crippen molar-refractivity contribution in [2.45, 2.75) is 64.3 Å². The molecule has 5 atom stereocenters. The molecule has 2 aliphatic heterocycles. The molecule has 2 aliphatic rings. The van der Waals surface area contributed by atoms with Crippen LogP contribution in [0.15, 0.2) is 0 Å². The van der Waals surface area contributed by atoms with Crippen molar-refractivity contribution in [3.05, 3.63) is 0 Å². The number of nitrogens with one attached hydrogen (secondary N) is 1. The summed E-state index contributed by atoms with van der Waals surface area (Å²) in [7, 11) is 0. The summed E-state index contributed by atoms with van der Waals surface area (Å²) in [5.74, 6) is -2.82. The molecule has 9 nitrogen and oxygen atoms in total. The molecule has 0 saturated carbocycles. The van der Waals surface area contributed by atoms with Gasteiger partial charge >= 0.3 is 11.9 Å². The van der Waals surface area contributed by atoms with Gasteiger partial charge in [0.15, 0.2) is 12.2 Å². The number of esters is 1. The van der Waals surface area contributed by atoms with Crippen LogP contribution in [0.4, 0.5) is 0 Å². The predicted octanol–water partition coefficient (Wildman–Crippen LogP) is -0.0766. The maximum atomic E-state index is 12.9. The zero-order chi connectivity index (χ0) is 19.4. The van der Waals surface area contributed by atoms with Gasteiger partial charge in [0.25, 0.3) is 5.91 Å². The van der Waals surface area contributed by atoms with E-state index in [2.05, 4.69) is 5.32 Å². The van der Waals surface area contributed by atoms with Gasteiger partial charge in [-0.3, -0.25) is 9.59 Å². The molecule has 9 heteroatoms. The van der Waals surface area contributed by atoms with E-state index in [0.29, 0.717) is 25.8 Å². The lowest BCUT2D eigenvalue weighted by Gasteiger charge is -2.30. The summed E-state index contributed by atoms with van der Waals surface area (Å²) in [6.45, 7) is 5.88. The topological polar surface area (TPSA) is 126 Å². The highest BCUT2D eigenvalue weighted by Crippen LogP contribution is 2.25. The smallest absolute Gasteiger partial charge is 0.338 e. The molecule has 2 heterocycles. The number of carboxylic acids is 1. The Kier molecular flexibility index (Phi) is 6.57. The number of aliphatic carboxylic acids is 1. The molecule has 0 aromatic rings. The lowest BCUT2D eigenvalue weighted by atomic mass is 9.97. The summed E-state index contributed by atoms with van der Waals surface area (Å²) >= 11 is 0.